The fourth-order valence-corrected chi connectivity index (χ4v) is 4.94. The zero-order valence-electron chi connectivity index (χ0n) is 16.9. The third kappa shape index (κ3) is 3.71. The van der Waals surface area contributed by atoms with Gasteiger partial charge in [-0.25, -0.2) is 9.37 Å². The minimum absolute atomic E-state index is 0.0740. The van der Waals surface area contributed by atoms with Crippen molar-refractivity contribution in [2.24, 2.45) is 0 Å². The van der Waals surface area contributed by atoms with Gasteiger partial charge in [-0.3, -0.25) is 9.48 Å². The number of thiazole rings is 1. The number of aromatic nitrogens is 3. The van der Waals surface area contributed by atoms with Gasteiger partial charge in [0.15, 0.2) is 5.13 Å². The predicted molar refractivity (Wildman–Crippen MR) is 115 cm³/mol. The molecule has 2 N–H and O–H groups in total. The average Bonchev–Trinajstić information content (AvgIpc) is 3.43. The largest absolute Gasteiger partial charge is 0.375 e. The number of rotatable bonds is 4. The number of carbonyl (C=O) groups is 1. The maximum atomic E-state index is 13.7. The summed E-state index contributed by atoms with van der Waals surface area (Å²) in [7, 11) is 0. The van der Waals surface area contributed by atoms with Crippen LogP contribution in [0.25, 0.3) is 11.3 Å². The number of nitrogens with two attached hydrogens (primary N) is 1. The second-order valence-corrected chi connectivity index (χ2v) is 9.27. The minimum Gasteiger partial charge on any atom is -0.375 e. The zero-order chi connectivity index (χ0) is 20.8. The average molecular weight is 426 g/mol. The first-order chi connectivity index (χ1) is 14.5. The Morgan fingerprint density at radius 1 is 1.27 bits per heavy atom. The summed E-state index contributed by atoms with van der Waals surface area (Å²) < 4.78 is 15.5. The van der Waals surface area contributed by atoms with E-state index in [2.05, 4.69) is 11.1 Å². The van der Waals surface area contributed by atoms with Crippen molar-refractivity contribution in [1.82, 2.24) is 19.7 Å². The van der Waals surface area contributed by atoms with Crippen LogP contribution in [0.5, 0.6) is 0 Å². The number of amides is 1. The second-order valence-electron chi connectivity index (χ2n) is 8.15. The van der Waals surface area contributed by atoms with E-state index in [1.165, 1.54) is 22.3 Å². The molecule has 0 unspecified atom stereocenters. The number of nitrogens with zero attached hydrogens (tertiary/aromatic N) is 4. The molecule has 8 heteroatoms. The maximum Gasteiger partial charge on any atom is 0.244 e. The van der Waals surface area contributed by atoms with Gasteiger partial charge in [-0.1, -0.05) is 0 Å². The molecule has 0 atom stereocenters. The summed E-state index contributed by atoms with van der Waals surface area (Å²) in [5.41, 5.74) is 10.2. The first-order valence-electron chi connectivity index (χ1n) is 10.3. The SMILES string of the molecule is Cc1cc(-c2cc(C3CC3)n(CC(=O)N3CCc4nc(N)sc4CC3)n2)ccc1F. The molecule has 2 aromatic heterocycles. The molecule has 1 fully saturated rings. The van der Waals surface area contributed by atoms with E-state index in [-0.39, 0.29) is 18.3 Å². The summed E-state index contributed by atoms with van der Waals surface area (Å²) in [6, 6.07) is 7.10. The zero-order valence-corrected chi connectivity index (χ0v) is 17.7. The van der Waals surface area contributed by atoms with Crippen LogP contribution in [0.2, 0.25) is 0 Å². The van der Waals surface area contributed by atoms with Crippen molar-refractivity contribution in [1.29, 1.82) is 0 Å². The minimum atomic E-state index is -0.221. The molecule has 3 heterocycles. The molecule has 1 saturated carbocycles. The van der Waals surface area contributed by atoms with E-state index >= 15 is 0 Å². The van der Waals surface area contributed by atoms with E-state index in [0.717, 1.165) is 48.3 Å². The summed E-state index contributed by atoms with van der Waals surface area (Å²) in [4.78, 5) is 20.6. The third-order valence-corrected chi connectivity index (χ3v) is 6.91. The standard InChI is InChI=1S/C22H24FN5OS/c1-13-10-15(4-5-16(13)23)18-11-19(14-2-3-14)28(26-18)12-21(29)27-8-6-17-20(7-9-27)30-22(24)25-17/h4-5,10-11,14H,2-3,6-9,12H2,1H3,(H2,24,25). The van der Waals surface area contributed by atoms with Crippen LogP contribution in [-0.4, -0.2) is 38.7 Å². The highest BCUT2D eigenvalue weighted by molar-refractivity contribution is 7.15. The fraction of sp³-hybridized carbons (Fsp3) is 0.409. The molecule has 30 heavy (non-hydrogen) atoms. The van der Waals surface area contributed by atoms with Crippen molar-refractivity contribution in [3.63, 3.8) is 0 Å². The maximum absolute atomic E-state index is 13.7. The Balaban J connectivity index is 1.35. The van der Waals surface area contributed by atoms with E-state index < -0.39 is 0 Å². The number of aryl methyl sites for hydroxylation is 1. The van der Waals surface area contributed by atoms with Gasteiger partial charge in [0.25, 0.3) is 0 Å². The predicted octanol–water partition coefficient (Wildman–Crippen LogP) is 3.54. The van der Waals surface area contributed by atoms with Gasteiger partial charge in [-0.2, -0.15) is 5.10 Å². The Kier molecular flexibility index (Phi) is 4.81. The molecule has 1 aliphatic heterocycles. The summed E-state index contributed by atoms with van der Waals surface area (Å²) in [5, 5.41) is 5.34. The molecule has 1 aliphatic carbocycles. The second kappa shape index (κ2) is 7.50. The molecule has 2 aliphatic rings. The third-order valence-electron chi connectivity index (χ3n) is 5.92. The number of halogens is 1. The monoisotopic (exact) mass is 425 g/mol. The number of fused-ring (bicyclic) bond motifs is 1. The van der Waals surface area contributed by atoms with Crippen LogP contribution < -0.4 is 5.73 Å². The molecule has 1 amide bonds. The molecule has 6 nitrogen and oxygen atoms in total. The Bertz CT molecular complexity index is 1090. The van der Waals surface area contributed by atoms with Crippen LogP contribution in [0.3, 0.4) is 0 Å². The Morgan fingerprint density at radius 3 is 2.83 bits per heavy atom. The molecular weight excluding hydrogens is 401 g/mol. The Hall–Kier alpha value is -2.74. The molecule has 156 valence electrons. The van der Waals surface area contributed by atoms with Crippen molar-refractivity contribution in [2.75, 3.05) is 18.8 Å². The van der Waals surface area contributed by atoms with Crippen LogP contribution in [0.1, 0.15) is 40.6 Å². The van der Waals surface area contributed by atoms with Gasteiger partial charge in [-0.05, 0) is 49.6 Å². The lowest BCUT2D eigenvalue weighted by Crippen LogP contribution is -2.36. The van der Waals surface area contributed by atoms with Crippen molar-refractivity contribution in [3.8, 4) is 11.3 Å². The van der Waals surface area contributed by atoms with Gasteiger partial charge in [0.05, 0.1) is 11.4 Å². The van der Waals surface area contributed by atoms with E-state index in [1.54, 1.807) is 13.0 Å². The van der Waals surface area contributed by atoms with Gasteiger partial charge in [0.2, 0.25) is 5.91 Å². The van der Waals surface area contributed by atoms with Gasteiger partial charge >= 0.3 is 0 Å². The smallest absolute Gasteiger partial charge is 0.244 e. The normalized spacial score (nSPS) is 16.4. The highest BCUT2D eigenvalue weighted by Gasteiger charge is 2.30. The van der Waals surface area contributed by atoms with Crippen molar-refractivity contribution in [2.45, 2.75) is 45.1 Å². The van der Waals surface area contributed by atoms with Crippen LogP contribution in [0.15, 0.2) is 24.3 Å². The molecule has 0 saturated heterocycles. The lowest BCUT2D eigenvalue weighted by Gasteiger charge is -2.20. The van der Waals surface area contributed by atoms with E-state index in [9.17, 15) is 9.18 Å². The van der Waals surface area contributed by atoms with Crippen LogP contribution in [0.4, 0.5) is 9.52 Å². The van der Waals surface area contributed by atoms with Crippen molar-refractivity contribution in [3.05, 3.63) is 51.9 Å². The number of hydrogen-bond acceptors (Lipinski definition) is 5. The van der Waals surface area contributed by atoms with Crippen molar-refractivity contribution < 1.29 is 9.18 Å². The lowest BCUT2D eigenvalue weighted by molar-refractivity contribution is -0.132. The topological polar surface area (TPSA) is 77.0 Å². The number of anilines is 1. The number of hydrogen-bond donors (Lipinski definition) is 1. The number of benzene rings is 1. The summed E-state index contributed by atoms with van der Waals surface area (Å²) in [6.45, 7) is 3.31. The van der Waals surface area contributed by atoms with Crippen LogP contribution in [0, 0.1) is 12.7 Å². The molecule has 3 aromatic rings. The summed E-state index contributed by atoms with van der Waals surface area (Å²) in [5.74, 6) is 0.315. The van der Waals surface area contributed by atoms with E-state index in [4.69, 9.17) is 10.8 Å². The Morgan fingerprint density at radius 2 is 2.07 bits per heavy atom. The van der Waals surface area contributed by atoms with Crippen LogP contribution >= 0.6 is 11.3 Å². The summed E-state index contributed by atoms with van der Waals surface area (Å²) >= 11 is 1.52. The molecular formula is C22H24FN5OS. The quantitative estimate of drug-likeness (QED) is 0.694. The van der Waals surface area contributed by atoms with Gasteiger partial charge < -0.3 is 10.6 Å². The molecule has 1 aromatic carbocycles. The highest BCUT2D eigenvalue weighted by atomic mass is 32.1. The molecule has 0 bridgehead atoms. The van der Waals surface area contributed by atoms with Gasteiger partial charge in [0.1, 0.15) is 12.4 Å². The number of carbonyl (C=O) groups excluding carboxylic acids is 1. The summed E-state index contributed by atoms with van der Waals surface area (Å²) in [6.07, 6.45) is 3.78. The van der Waals surface area contributed by atoms with Crippen LogP contribution in [-0.2, 0) is 24.2 Å². The Labute approximate surface area is 178 Å². The highest BCUT2D eigenvalue weighted by Crippen LogP contribution is 2.41. The molecule has 5 rings (SSSR count). The number of nitrogen functional groups attached to an aromatic ring is 1. The first-order valence-corrected chi connectivity index (χ1v) is 11.2. The van der Waals surface area contributed by atoms with E-state index in [1.807, 2.05) is 15.6 Å². The lowest BCUT2D eigenvalue weighted by atomic mass is 10.1. The van der Waals surface area contributed by atoms with E-state index in [0.29, 0.717) is 29.7 Å². The molecule has 0 radical (unpaired) electrons. The van der Waals surface area contributed by atoms with Gasteiger partial charge in [0, 0.05) is 48.0 Å². The van der Waals surface area contributed by atoms with Gasteiger partial charge in [-0.15, -0.1) is 11.3 Å². The molecule has 0 spiro atoms. The fourth-order valence-electron chi connectivity index (χ4n) is 4.07. The first kappa shape index (κ1) is 19.2. The van der Waals surface area contributed by atoms with Crippen molar-refractivity contribution >= 4 is 22.4 Å².